The molecule has 0 radical (unpaired) electrons. The highest BCUT2D eigenvalue weighted by Crippen LogP contribution is 2.29. The maximum atomic E-state index is 6.20. The third-order valence-corrected chi connectivity index (χ3v) is 6.29. The molecule has 4 rings (SSSR count). The van der Waals surface area contributed by atoms with Crippen LogP contribution in [0.5, 0.6) is 0 Å². The molecule has 2 aromatic carbocycles. The van der Waals surface area contributed by atoms with Crippen LogP contribution < -0.4 is 0 Å². The van der Waals surface area contributed by atoms with E-state index in [-0.39, 0.29) is 0 Å². The first-order valence-electron chi connectivity index (χ1n) is 10.6. The summed E-state index contributed by atoms with van der Waals surface area (Å²) < 4.78 is 6.20. The SMILES string of the molecule is Clc1cccc(C2CCN(CC3CN(Cc4ccccc4)CCCO3)CC2)c1. The van der Waals surface area contributed by atoms with Gasteiger partial charge >= 0.3 is 0 Å². The van der Waals surface area contributed by atoms with Crippen molar-refractivity contribution >= 4 is 11.6 Å². The Balaban J connectivity index is 1.28. The third-order valence-electron chi connectivity index (χ3n) is 6.05. The maximum Gasteiger partial charge on any atom is 0.0828 e. The number of benzene rings is 2. The van der Waals surface area contributed by atoms with Crippen LogP contribution in [0.2, 0.25) is 5.02 Å². The summed E-state index contributed by atoms with van der Waals surface area (Å²) in [5, 5.41) is 0.852. The number of nitrogens with zero attached hydrogens (tertiary/aromatic N) is 2. The number of likely N-dealkylation sites (tertiary alicyclic amines) is 1. The fraction of sp³-hybridized carbons (Fsp3) is 0.500. The van der Waals surface area contributed by atoms with Crippen molar-refractivity contribution in [3.05, 3.63) is 70.7 Å². The number of piperidine rings is 1. The van der Waals surface area contributed by atoms with E-state index in [0.29, 0.717) is 12.0 Å². The van der Waals surface area contributed by atoms with Gasteiger partial charge in [0, 0.05) is 37.8 Å². The van der Waals surface area contributed by atoms with Gasteiger partial charge in [0.2, 0.25) is 0 Å². The molecule has 2 heterocycles. The molecule has 2 aliphatic rings. The van der Waals surface area contributed by atoms with Crippen molar-refractivity contribution < 1.29 is 4.74 Å². The first-order valence-corrected chi connectivity index (χ1v) is 11.0. The van der Waals surface area contributed by atoms with Gasteiger partial charge in [0.05, 0.1) is 6.10 Å². The van der Waals surface area contributed by atoms with E-state index in [1.807, 2.05) is 6.07 Å². The van der Waals surface area contributed by atoms with Crippen LogP contribution in [0.15, 0.2) is 54.6 Å². The highest BCUT2D eigenvalue weighted by molar-refractivity contribution is 6.30. The number of ether oxygens (including phenoxy) is 1. The summed E-state index contributed by atoms with van der Waals surface area (Å²) in [6, 6.07) is 19.2. The molecule has 0 bridgehead atoms. The van der Waals surface area contributed by atoms with Crippen molar-refractivity contribution in [2.75, 3.05) is 39.3 Å². The highest BCUT2D eigenvalue weighted by Gasteiger charge is 2.25. The second kappa shape index (κ2) is 9.89. The first kappa shape index (κ1) is 19.9. The van der Waals surface area contributed by atoms with E-state index in [0.717, 1.165) is 57.3 Å². The Morgan fingerprint density at radius 2 is 1.75 bits per heavy atom. The molecule has 2 saturated heterocycles. The molecule has 150 valence electrons. The Hall–Kier alpha value is -1.39. The van der Waals surface area contributed by atoms with E-state index in [4.69, 9.17) is 16.3 Å². The van der Waals surface area contributed by atoms with Crippen LogP contribution in [-0.4, -0.2) is 55.2 Å². The quantitative estimate of drug-likeness (QED) is 0.718. The van der Waals surface area contributed by atoms with Gasteiger partial charge in [-0.05, 0) is 61.5 Å². The van der Waals surface area contributed by atoms with Gasteiger partial charge in [-0.15, -0.1) is 0 Å². The number of halogens is 1. The van der Waals surface area contributed by atoms with Gasteiger partial charge in [0.25, 0.3) is 0 Å². The van der Waals surface area contributed by atoms with Crippen molar-refractivity contribution in [3.63, 3.8) is 0 Å². The van der Waals surface area contributed by atoms with E-state index >= 15 is 0 Å². The zero-order chi connectivity index (χ0) is 19.2. The summed E-state index contributed by atoms with van der Waals surface area (Å²) in [5.41, 5.74) is 2.79. The number of hydrogen-bond acceptors (Lipinski definition) is 3. The van der Waals surface area contributed by atoms with E-state index in [1.165, 1.54) is 24.0 Å². The van der Waals surface area contributed by atoms with E-state index in [9.17, 15) is 0 Å². The molecule has 0 aliphatic carbocycles. The Morgan fingerprint density at radius 1 is 0.929 bits per heavy atom. The maximum absolute atomic E-state index is 6.20. The van der Waals surface area contributed by atoms with E-state index < -0.39 is 0 Å². The predicted octanol–water partition coefficient (Wildman–Crippen LogP) is 4.81. The summed E-state index contributed by atoms with van der Waals surface area (Å²) in [5.74, 6) is 0.639. The minimum absolute atomic E-state index is 0.314. The lowest BCUT2D eigenvalue weighted by Crippen LogP contribution is -2.43. The molecule has 0 saturated carbocycles. The molecule has 4 heteroatoms. The van der Waals surface area contributed by atoms with Crippen LogP contribution in [0.1, 0.15) is 36.3 Å². The Labute approximate surface area is 174 Å². The van der Waals surface area contributed by atoms with E-state index in [2.05, 4.69) is 58.3 Å². The largest absolute Gasteiger partial charge is 0.376 e. The van der Waals surface area contributed by atoms with Crippen molar-refractivity contribution in [2.45, 2.75) is 37.8 Å². The molecule has 0 spiro atoms. The van der Waals surface area contributed by atoms with Gasteiger partial charge in [-0.25, -0.2) is 0 Å². The van der Waals surface area contributed by atoms with Crippen LogP contribution >= 0.6 is 11.6 Å². The second-order valence-corrected chi connectivity index (χ2v) is 8.63. The normalized spacial score (nSPS) is 22.8. The molecule has 2 fully saturated rings. The Bertz CT molecular complexity index is 730. The second-order valence-electron chi connectivity index (χ2n) is 8.20. The van der Waals surface area contributed by atoms with Crippen molar-refractivity contribution in [3.8, 4) is 0 Å². The van der Waals surface area contributed by atoms with Gasteiger partial charge in [0.15, 0.2) is 0 Å². The highest BCUT2D eigenvalue weighted by atomic mass is 35.5. The minimum atomic E-state index is 0.314. The molecule has 1 unspecified atom stereocenters. The fourth-order valence-corrected chi connectivity index (χ4v) is 4.76. The summed E-state index contributed by atoms with van der Waals surface area (Å²) in [6.45, 7) is 7.41. The summed E-state index contributed by atoms with van der Waals surface area (Å²) >= 11 is 6.18. The molecular formula is C24H31ClN2O. The summed E-state index contributed by atoms with van der Waals surface area (Å²) in [6.07, 6.45) is 3.86. The lowest BCUT2D eigenvalue weighted by Gasteiger charge is -2.35. The summed E-state index contributed by atoms with van der Waals surface area (Å²) in [7, 11) is 0. The van der Waals surface area contributed by atoms with Gasteiger partial charge in [-0.2, -0.15) is 0 Å². The zero-order valence-electron chi connectivity index (χ0n) is 16.6. The van der Waals surface area contributed by atoms with E-state index in [1.54, 1.807) is 0 Å². The molecule has 28 heavy (non-hydrogen) atoms. The van der Waals surface area contributed by atoms with Crippen LogP contribution in [0.3, 0.4) is 0 Å². The number of rotatable bonds is 5. The monoisotopic (exact) mass is 398 g/mol. The molecule has 2 aliphatic heterocycles. The lowest BCUT2D eigenvalue weighted by molar-refractivity contribution is 0.0203. The Kier molecular flexibility index (Phi) is 7.03. The third kappa shape index (κ3) is 5.57. The van der Waals surface area contributed by atoms with Crippen LogP contribution in [0.4, 0.5) is 0 Å². The average molecular weight is 399 g/mol. The van der Waals surface area contributed by atoms with Crippen molar-refractivity contribution in [1.29, 1.82) is 0 Å². The molecule has 1 atom stereocenters. The lowest BCUT2D eigenvalue weighted by atomic mass is 9.89. The minimum Gasteiger partial charge on any atom is -0.376 e. The Morgan fingerprint density at radius 3 is 2.54 bits per heavy atom. The van der Waals surface area contributed by atoms with Crippen molar-refractivity contribution in [1.82, 2.24) is 9.80 Å². The molecule has 3 nitrogen and oxygen atoms in total. The summed E-state index contributed by atoms with van der Waals surface area (Å²) in [4.78, 5) is 5.16. The molecule has 0 amide bonds. The van der Waals surface area contributed by atoms with Crippen LogP contribution in [-0.2, 0) is 11.3 Å². The van der Waals surface area contributed by atoms with Crippen LogP contribution in [0.25, 0.3) is 0 Å². The standard InChI is InChI=1S/C24H31ClN2O/c25-23-9-4-8-22(16-23)21-10-13-26(14-11-21)18-24-19-27(12-5-15-28-24)17-20-6-2-1-3-7-20/h1-4,6-9,16,21,24H,5,10-15,17-19H2. The zero-order valence-corrected chi connectivity index (χ0v) is 17.4. The molecular weight excluding hydrogens is 368 g/mol. The molecule has 0 N–H and O–H groups in total. The fourth-order valence-electron chi connectivity index (χ4n) is 4.56. The van der Waals surface area contributed by atoms with Gasteiger partial charge < -0.3 is 9.64 Å². The molecule has 2 aromatic rings. The first-order chi connectivity index (χ1) is 13.8. The van der Waals surface area contributed by atoms with Gasteiger partial charge in [-0.3, -0.25) is 4.90 Å². The smallest absolute Gasteiger partial charge is 0.0828 e. The molecule has 0 aromatic heterocycles. The predicted molar refractivity (Wildman–Crippen MR) is 116 cm³/mol. The average Bonchev–Trinajstić information content (AvgIpc) is 2.94. The van der Waals surface area contributed by atoms with Crippen molar-refractivity contribution in [2.24, 2.45) is 0 Å². The number of hydrogen-bond donors (Lipinski definition) is 0. The van der Waals surface area contributed by atoms with Gasteiger partial charge in [0.1, 0.15) is 0 Å². The van der Waals surface area contributed by atoms with Crippen LogP contribution in [0, 0.1) is 0 Å². The van der Waals surface area contributed by atoms with Gasteiger partial charge in [-0.1, -0.05) is 54.1 Å². The topological polar surface area (TPSA) is 15.7 Å².